The second kappa shape index (κ2) is 5.23. The summed E-state index contributed by atoms with van der Waals surface area (Å²) >= 11 is 0. The van der Waals surface area contributed by atoms with Crippen molar-refractivity contribution in [1.82, 2.24) is 5.32 Å². The molecular weight excluding hydrogens is 252 g/mol. The average molecular weight is 266 g/mol. The quantitative estimate of drug-likeness (QED) is 0.630. The van der Waals surface area contributed by atoms with E-state index in [1.807, 2.05) is 0 Å². The first-order valence-electron chi connectivity index (χ1n) is 5.82. The Morgan fingerprint density at radius 1 is 1.53 bits per heavy atom. The third-order valence-corrected chi connectivity index (χ3v) is 3.18. The van der Waals surface area contributed by atoms with Gasteiger partial charge in [-0.05, 0) is 25.0 Å². The number of benzene rings is 1. The van der Waals surface area contributed by atoms with E-state index in [0.717, 1.165) is 12.1 Å². The van der Waals surface area contributed by atoms with Gasteiger partial charge >= 0.3 is 0 Å². The molecule has 1 aromatic carbocycles. The number of nitro groups is 1. The molecule has 0 aliphatic heterocycles. The Hall–Kier alpha value is -2.15. The Kier molecular flexibility index (Phi) is 3.66. The predicted octanol–water partition coefficient (Wildman–Crippen LogP) is 1.21. The van der Waals surface area contributed by atoms with Crippen LogP contribution in [0.25, 0.3) is 0 Å². The topological polar surface area (TPSA) is 102 Å². The Morgan fingerprint density at radius 2 is 2.21 bits per heavy atom. The van der Waals surface area contributed by atoms with Gasteiger partial charge in [0.05, 0.1) is 11.0 Å². The van der Waals surface area contributed by atoms with Crippen molar-refractivity contribution in [2.45, 2.75) is 25.0 Å². The summed E-state index contributed by atoms with van der Waals surface area (Å²) in [7, 11) is 1.60. The van der Waals surface area contributed by atoms with E-state index >= 15 is 0 Å². The van der Waals surface area contributed by atoms with Crippen LogP contribution >= 0.6 is 0 Å². The van der Waals surface area contributed by atoms with Gasteiger partial charge in [-0.3, -0.25) is 14.9 Å². The summed E-state index contributed by atoms with van der Waals surface area (Å²) in [5, 5.41) is 22.8. The molecule has 0 aromatic heterocycles. The van der Waals surface area contributed by atoms with E-state index in [-0.39, 0.29) is 29.1 Å². The fraction of sp³-hybridized carbons (Fsp3) is 0.417. The lowest BCUT2D eigenvalue weighted by atomic mass is 9.89. The molecule has 0 heterocycles. The first-order valence-corrected chi connectivity index (χ1v) is 5.82. The fourth-order valence-corrected chi connectivity index (χ4v) is 2.00. The number of nitrogens with zero attached hydrogens (tertiary/aromatic N) is 1. The minimum Gasteiger partial charge on any atom is -0.508 e. The van der Waals surface area contributed by atoms with Crippen LogP contribution in [-0.2, 0) is 4.74 Å². The maximum atomic E-state index is 12.0. The lowest BCUT2D eigenvalue weighted by Gasteiger charge is -2.34. The van der Waals surface area contributed by atoms with Gasteiger partial charge in [-0.15, -0.1) is 0 Å². The van der Waals surface area contributed by atoms with Gasteiger partial charge in [-0.1, -0.05) is 0 Å². The highest BCUT2D eigenvalue weighted by Crippen LogP contribution is 2.26. The number of hydrogen-bond acceptors (Lipinski definition) is 5. The Balaban J connectivity index is 2.10. The third kappa shape index (κ3) is 2.82. The zero-order chi connectivity index (χ0) is 14.0. The number of phenolic OH excluding ortho intramolecular Hbond substituents is 1. The van der Waals surface area contributed by atoms with Crippen molar-refractivity contribution in [2.75, 3.05) is 7.11 Å². The number of hydrogen-bond donors (Lipinski definition) is 2. The van der Waals surface area contributed by atoms with Crippen molar-refractivity contribution in [3.63, 3.8) is 0 Å². The second-order valence-corrected chi connectivity index (χ2v) is 4.46. The molecule has 1 saturated carbocycles. The van der Waals surface area contributed by atoms with Gasteiger partial charge in [0.1, 0.15) is 11.3 Å². The van der Waals surface area contributed by atoms with E-state index < -0.39 is 10.8 Å². The fourth-order valence-electron chi connectivity index (χ4n) is 2.00. The zero-order valence-electron chi connectivity index (χ0n) is 10.3. The number of nitrogens with one attached hydrogen (secondary N) is 1. The van der Waals surface area contributed by atoms with Crippen LogP contribution in [0.5, 0.6) is 5.75 Å². The largest absolute Gasteiger partial charge is 0.508 e. The summed E-state index contributed by atoms with van der Waals surface area (Å²) in [5.41, 5.74) is -0.455. The Morgan fingerprint density at radius 3 is 2.79 bits per heavy atom. The van der Waals surface area contributed by atoms with Crippen molar-refractivity contribution in [3.8, 4) is 5.75 Å². The minimum absolute atomic E-state index is 0.0422. The number of phenols is 1. The van der Waals surface area contributed by atoms with Gasteiger partial charge in [-0.2, -0.15) is 0 Å². The standard InChI is InChI=1S/C12H14N2O5/c1-19-9-4-7(5-9)13-12(16)10-6-8(15)2-3-11(10)14(17)18/h2-3,6-7,9,15H,4-5H2,1H3,(H,13,16). The summed E-state index contributed by atoms with van der Waals surface area (Å²) < 4.78 is 5.09. The molecule has 0 unspecified atom stereocenters. The molecule has 2 N–H and O–H groups in total. The van der Waals surface area contributed by atoms with Crippen LogP contribution in [0.1, 0.15) is 23.2 Å². The van der Waals surface area contributed by atoms with Crippen LogP contribution in [0.15, 0.2) is 18.2 Å². The van der Waals surface area contributed by atoms with Crippen LogP contribution in [0.3, 0.4) is 0 Å². The van der Waals surface area contributed by atoms with E-state index in [9.17, 15) is 20.0 Å². The zero-order valence-corrected chi connectivity index (χ0v) is 10.3. The number of carbonyl (C=O) groups excluding carboxylic acids is 1. The highest BCUT2D eigenvalue weighted by molar-refractivity contribution is 5.98. The number of carbonyl (C=O) groups is 1. The monoisotopic (exact) mass is 266 g/mol. The molecule has 1 aliphatic carbocycles. The maximum absolute atomic E-state index is 12.0. The van der Waals surface area contributed by atoms with Crippen LogP contribution < -0.4 is 5.32 Å². The van der Waals surface area contributed by atoms with Crippen molar-refractivity contribution in [2.24, 2.45) is 0 Å². The average Bonchev–Trinajstić information content (AvgIpc) is 2.32. The minimum atomic E-state index is -0.646. The second-order valence-electron chi connectivity index (χ2n) is 4.46. The molecule has 19 heavy (non-hydrogen) atoms. The first kappa shape index (κ1) is 13.3. The van der Waals surface area contributed by atoms with Crippen LogP contribution in [-0.4, -0.2) is 35.2 Å². The van der Waals surface area contributed by atoms with Crippen LogP contribution in [0.2, 0.25) is 0 Å². The van der Waals surface area contributed by atoms with Gasteiger partial charge in [0.2, 0.25) is 0 Å². The summed E-state index contributed by atoms with van der Waals surface area (Å²) in [6.07, 6.45) is 1.51. The molecule has 7 nitrogen and oxygen atoms in total. The van der Waals surface area contributed by atoms with Gasteiger partial charge in [0.15, 0.2) is 0 Å². The lowest BCUT2D eigenvalue weighted by Crippen LogP contribution is -2.47. The van der Waals surface area contributed by atoms with Gasteiger partial charge < -0.3 is 15.2 Å². The molecule has 1 amide bonds. The summed E-state index contributed by atoms with van der Waals surface area (Å²) in [5.74, 6) is -0.735. The number of nitro benzene ring substituents is 1. The molecule has 0 radical (unpaired) electrons. The smallest absolute Gasteiger partial charge is 0.282 e. The highest BCUT2D eigenvalue weighted by atomic mass is 16.6. The molecule has 102 valence electrons. The highest BCUT2D eigenvalue weighted by Gasteiger charge is 2.31. The van der Waals surface area contributed by atoms with Crippen molar-refractivity contribution < 1.29 is 19.6 Å². The molecule has 1 fully saturated rings. The van der Waals surface area contributed by atoms with Gasteiger partial charge in [0.25, 0.3) is 11.6 Å². The summed E-state index contributed by atoms with van der Waals surface area (Å²) in [4.78, 5) is 22.1. The molecule has 1 aliphatic rings. The molecular formula is C12H14N2O5. The first-order chi connectivity index (χ1) is 9.01. The molecule has 0 saturated heterocycles. The van der Waals surface area contributed by atoms with E-state index in [2.05, 4.69) is 5.32 Å². The molecule has 1 aromatic rings. The Bertz CT molecular complexity index is 511. The molecule has 2 rings (SSSR count). The Labute approximate surface area is 109 Å². The van der Waals surface area contributed by atoms with Crippen molar-refractivity contribution >= 4 is 11.6 Å². The van der Waals surface area contributed by atoms with E-state index in [4.69, 9.17) is 4.74 Å². The summed E-state index contributed by atoms with van der Waals surface area (Å²) in [6.45, 7) is 0. The number of amides is 1. The van der Waals surface area contributed by atoms with Crippen LogP contribution in [0.4, 0.5) is 5.69 Å². The molecule has 0 spiro atoms. The number of ether oxygens (including phenoxy) is 1. The van der Waals surface area contributed by atoms with E-state index in [1.165, 1.54) is 6.07 Å². The third-order valence-electron chi connectivity index (χ3n) is 3.18. The number of rotatable bonds is 4. The lowest BCUT2D eigenvalue weighted by molar-refractivity contribution is -0.385. The van der Waals surface area contributed by atoms with E-state index in [0.29, 0.717) is 12.8 Å². The molecule has 0 bridgehead atoms. The molecule has 7 heteroatoms. The summed E-state index contributed by atoms with van der Waals surface area (Å²) in [6, 6.07) is 3.35. The van der Waals surface area contributed by atoms with Gasteiger partial charge in [0, 0.05) is 19.2 Å². The van der Waals surface area contributed by atoms with Crippen molar-refractivity contribution in [1.29, 1.82) is 0 Å². The SMILES string of the molecule is COC1CC(NC(=O)c2cc(O)ccc2[N+](=O)[O-])C1. The predicted molar refractivity (Wildman–Crippen MR) is 66.0 cm³/mol. The normalized spacial score (nSPS) is 21.5. The number of aromatic hydroxyl groups is 1. The van der Waals surface area contributed by atoms with Crippen LogP contribution in [0, 0.1) is 10.1 Å². The molecule has 0 atom stereocenters. The number of methoxy groups -OCH3 is 1. The van der Waals surface area contributed by atoms with Crippen molar-refractivity contribution in [3.05, 3.63) is 33.9 Å². The maximum Gasteiger partial charge on any atom is 0.282 e. The van der Waals surface area contributed by atoms with E-state index in [1.54, 1.807) is 7.11 Å². The van der Waals surface area contributed by atoms with Gasteiger partial charge in [-0.25, -0.2) is 0 Å².